The summed E-state index contributed by atoms with van der Waals surface area (Å²) in [7, 11) is 0. The van der Waals surface area contributed by atoms with Gasteiger partial charge in [-0.25, -0.2) is 0 Å². The zero-order chi connectivity index (χ0) is 11.4. The Morgan fingerprint density at radius 3 is 2.88 bits per heavy atom. The number of pyridine rings is 1. The van der Waals surface area contributed by atoms with E-state index in [-0.39, 0.29) is 6.10 Å². The van der Waals surface area contributed by atoms with Crippen LogP contribution in [0.15, 0.2) is 18.3 Å². The van der Waals surface area contributed by atoms with Gasteiger partial charge in [-0.05, 0) is 30.5 Å². The molecule has 4 heteroatoms. The fourth-order valence-corrected chi connectivity index (χ4v) is 2.07. The van der Waals surface area contributed by atoms with Crippen LogP contribution in [0, 0.1) is 0 Å². The van der Waals surface area contributed by atoms with Gasteiger partial charge in [0.05, 0.1) is 11.8 Å². The van der Waals surface area contributed by atoms with Crippen molar-refractivity contribution in [1.29, 1.82) is 0 Å². The summed E-state index contributed by atoms with van der Waals surface area (Å²) in [5, 5.41) is 9.42. The molecule has 1 aliphatic rings. The van der Waals surface area contributed by atoms with Gasteiger partial charge in [0.2, 0.25) is 0 Å². The van der Waals surface area contributed by atoms with E-state index in [2.05, 4.69) is 16.0 Å². The van der Waals surface area contributed by atoms with Gasteiger partial charge in [0.15, 0.2) is 0 Å². The van der Waals surface area contributed by atoms with Gasteiger partial charge in [0.25, 0.3) is 0 Å². The van der Waals surface area contributed by atoms with Crippen molar-refractivity contribution in [1.82, 2.24) is 9.88 Å². The van der Waals surface area contributed by atoms with Crippen molar-refractivity contribution in [2.24, 2.45) is 5.73 Å². The highest BCUT2D eigenvalue weighted by Gasteiger charge is 2.16. The normalized spacial score (nSPS) is 18.9. The number of aliphatic hydroxyl groups excluding tert-OH is 1. The standard InChI is InChI=1S/C12H19N3O/c13-8-11-7-10(1-4-14-11)9-15-5-2-12(16)3-6-15/h1,4,7,12,16H,2-3,5-6,8-9,13H2. The summed E-state index contributed by atoms with van der Waals surface area (Å²) in [6, 6.07) is 4.09. The molecule has 0 saturated carbocycles. The van der Waals surface area contributed by atoms with Crippen LogP contribution in [0.25, 0.3) is 0 Å². The Balaban J connectivity index is 1.93. The number of aliphatic hydroxyl groups is 1. The van der Waals surface area contributed by atoms with Gasteiger partial charge in [-0.3, -0.25) is 9.88 Å². The van der Waals surface area contributed by atoms with Crippen molar-refractivity contribution in [3.05, 3.63) is 29.6 Å². The Morgan fingerprint density at radius 2 is 2.19 bits per heavy atom. The number of piperidine rings is 1. The number of aromatic nitrogens is 1. The monoisotopic (exact) mass is 221 g/mol. The van der Waals surface area contributed by atoms with Crippen molar-refractivity contribution < 1.29 is 5.11 Å². The maximum absolute atomic E-state index is 9.42. The molecule has 88 valence electrons. The lowest BCUT2D eigenvalue weighted by molar-refractivity contribution is 0.0792. The molecule has 0 spiro atoms. The maximum Gasteiger partial charge on any atom is 0.0564 e. The van der Waals surface area contributed by atoms with E-state index in [9.17, 15) is 5.11 Å². The molecule has 0 aromatic carbocycles. The molecule has 0 aliphatic carbocycles. The molecule has 0 amide bonds. The molecule has 0 atom stereocenters. The van der Waals surface area contributed by atoms with Crippen LogP contribution in [0.4, 0.5) is 0 Å². The summed E-state index contributed by atoms with van der Waals surface area (Å²) in [6.45, 7) is 3.37. The number of likely N-dealkylation sites (tertiary alicyclic amines) is 1. The summed E-state index contributed by atoms with van der Waals surface area (Å²) < 4.78 is 0. The highest BCUT2D eigenvalue weighted by molar-refractivity contribution is 5.16. The van der Waals surface area contributed by atoms with Crippen LogP contribution >= 0.6 is 0 Å². The first-order chi connectivity index (χ1) is 7.78. The van der Waals surface area contributed by atoms with Crippen molar-refractivity contribution in [2.45, 2.75) is 32.0 Å². The first kappa shape index (κ1) is 11.5. The number of nitrogens with two attached hydrogens (primary N) is 1. The molecule has 16 heavy (non-hydrogen) atoms. The van der Waals surface area contributed by atoms with Gasteiger partial charge in [0, 0.05) is 32.4 Å². The maximum atomic E-state index is 9.42. The topological polar surface area (TPSA) is 62.4 Å². The van der Waals surface area contributed by atoms with Crippen molar-refractivity contribution in [3.8, 4) is 0 Å². The minimum atomic E-state index is -0.103. The van der Waals surface area contributed by atoms with Crippen molar-refractivity contribution in [2.75, 3.05) is 13.1 Å². The SMILES string of the molecule is NCc1cc(CN2CCC(O)CC2)ccn1. The number of hydrogen-bond donors (Lipinski definition) is 2. The molecule has 1 fully saturated rings. The number of hydrogen-bond acceptors (Lipinski definition) is 4. The average Bonchev–Trinajstić information content (AvgIpc) is 2.32. The Morgan fingerprint density at radius 1 is 1.44 bits per heavy atom. The van der Waals surface area contributed by atoms with Crippen LogP contribution in [0.5, 0.6) is 0 Å². The Bertz CT molecular complexity index is 335. The van der Waals surface area contributed by atoms with E-state index in [1.54, 1.807) is 0 Å². The largest absolute Gasteiger partial charge is 0.393 e. The van der Waals surface area contributed by atoms with Crippen LogP contribution in [0.1, 0.15) is 24.1 Å². The van der Waals surface area contributed by atoms with Gasteiger partial charge < -0.3 is 10.8 Å². The molecule has 1 aliphatic heterocycles. The first-order valence-corrected chi connectivity index (χ1v) is 5.82. The summed E-state index contributed by atoms with van der Waals surface area (Å²) in [5.74, 6) is 0. The molecular formula is C12H19N3O. The molecule has 4 nitrogen and oxygen atoms in total. The predicted molar refractivity (Wildman–Crippen MR) is 62.6 cm³/mol. The van der Waals surface area contributed by atoms with E-state index >= 15 is 0 Å². The lowest BCUT2D eigenvalue weighted by Gasteiger charge is -2.29. The van der Waals surface area contributed by atoms with Gasteiger partial charge in [-0.15, -0.1) is 0 Å². The Kier molecular flexibility index (Phi) is 3.88. The predicted octanol–water partition coefficient (Wildman–Crippen LogP) is 0.497. The van der Waals surface area contributed by atoms with E-state index in [0.717, 1.165) is 38.2 Å². The van der Waals surface area contributed by atoms with E-state index in [0.29, 0.717) is 6.54 Å². The van der Waals surface area contributed by atoms with Crippen LogP contribution < -0.4 is 5.73 Å². The second kappa shape index (κ2) is 5.39. The third-order valence-electron chi connectivity index (χ3n) is 3.05. The molecule has 1 aromatic heterocycles. The van der Waals surface area contributed by atoms with Crippen LogP contribution in [0.3, 0.4) is 0 Å². The highest BCUT2D eigenvalue weighted by atomic mass is 16.3. The second-order valence-electron chi connectivity index (χ2n) is 4.37. The fraction of sp³-hybridized carbons (Fsp3) is 0.583. The van der Waals surface area contributed by atoms with Crippen molar-refractivity contribution >= 4 is 0 Å². The summed E-state index contributed by atoms with van der Waals surface area (Å²) >= 11 is 0. The quantitative estimate of drug-likeness (QED) is 0.780. The summed E-state index contributed by atoms with van der Waals surface area (Å²) in [4.78, 5) is 6.54. The molecule has 2 heterocycles. The highest BCUT2D eigenvalue weighted by Crippen LogP contribution is 2.13. The average molecular weight is 221 g/mol. The molecular weight excluding hydrogens is 202 g/mol. The van der Waals surface area contributed by atoms with E-state index in [4.69, 9.17) is 5.73 Å². The molecule has 1 saturated heterocycles. The minimum Gasteiger partial charge on any atom is -0.393 e. The molecule has 1 aromatic rings. The van der Waals surface area contributed by atoms with Gasteiger partial charge >= 0.3 is 0 Å². The summed E-state index contributed by atoms with van der Waals surface area (Å²) in [5.41, 5.74) is 7.76. The smallest absolute Gasteiger partial charge is 0.0564 e. The molecule has 3 N–H and O–H groups in total. The third kappa shape index (κ3) is 3.01. The lowest BCUT2D eigenvalue weighted by Crippen LogP contribution is -2.35. The minimum absolute atomic E-state index is 0.103. The lowest BCUT2D eigenvalue weighted by atomic mass is 10.1. The number of nitrogens with zero attached hydrogens (tertiary/aromatic N) is 2. The Hall–Kier alpha value is -0.970. The van der Waals surface area contributed by atoms with Gasteiger partial charge in [0.1, 0.15) is 0 Å². The molecule has 2 rings (SSSR count). The third-order valence-corrected chi connectivity index (χ3v) is 3.05. The first-order valence-electron chi connectivity index (χ1n) is 5.82. The van der Waals surface area contributed by atoms with Crippen LogP contribution in [-0.4, -0.2) is 34.2 Å². The zero-order valence-corrected chi connectivity index (χ0v) is 9.47. The molecule has 0 radical (unpaired) electrons. The van der Waals surface area contributed by atoms with Gasteiger partial charge in [-0.2, -0.15) is 0 Å². The molecule has 0 unspecified atom stereocenters. The van der Waals surface area contributed by atoms with Crippen molar-refractivity contribution in [3.63, 3.8) is 0 Å². The van der Waals surface area contributed by atoms with E-state index in [1.165, 1.54) is 5.56 Å². The van der Waals surface area contributed by atoms with E-state index < -0.39 is 0 Å². The number of rotatable bonds is 3. The van der Waals surface area contributed by atoms with Gasteiger partial charge in [-0.1, -0.05) is 0 Å². The van der Waals surface area contributed by atoms with Crippen LogP contribution in [0.2, 0.25) is 0 Å². The Labute approximate surface area is 96.1 Å². The van der Waals surface area contributed by atoms with Crippen LogP contribution in [-0.2, 0) is 13.1 Å². The zero-order valence-electron chi connectivity index (χ0n) is 9.47. The summed E-state index contributed by atoms with van der Waals surface area (Å²) in [6.07, 6.45) is 3.48. The fourth-order valence-electron chi connectivity index (χ4n) is 2.07. The molecule has 0 bridgehead atoms. The second-order valence-corrected chi connectivity index (χ2v) is 4.37. The van der Waals surface area contributed by atoms with E-state index in [1.807, 2.05) is 12.3 Å².